The van der Waals surface area contributed by atoms with Crippen molar-refractivity contribution in [2.75, 3.05) is 54.9 Å². The van der Waals surface area contributed by atoms with Crippen LogP contribution in [0.4, 0.5) is 28.8 Å². The lowest BCUT2D eigenvalue weighted by molar-refractivity contribution is 0.189. The van der Waals surface area contributed by atoms with Crippen LogP contribution in [0, 0.1) is 11.3 Å². The summed E-state index contributed by atoms with van der Waals surface area (Å²) in [7, 11) is 0. The Hall–Kier alpha value is -4.13. The lowest BCUT2D eigenvalue weighted by Gasteiger charge is -2.35. The van der Waals surface area contributed by atoms with Crippen molar-refractivity contribution < 1.29 is 5.11 Å². The third-order valence-corrected chi connectivity index (χ3v) is 6.17. The summed E-state index contributed by atoms with van der Waals surface area (Å²) in [5.41, 5.74) is 4.63. The zero-order valence-corrected chi connectivity index (χ0v) is 19.4. The number of nitrogens with one attached hydrogen (secondary N) is 3. The molecule has 9 heteroatoms. The molecule has 0 unspecified atom stereocenters. The molecule has 0 saturated carbocycles. The second-order valence-electron chi connectivity index (χ2n) is 8.52. The van der Waals surface area contributed by atoms with Gasteiger partial charge in [0.15, 0.2) is 0 Å². The molecule has 0 bridgehead atoms. The van der Waals surface area contributed by atoms with E-state index in [1.165, 1.54) is 5.69 Å². The average molecular weight is 469 g/mol. The monoisotopic (exact) mass is 468 g/mol. The molecule has 4 aromatic rings. The predicted octanol–water partition coefficient (Wildman–Crippen LogP) is 3.63. The van der Waals surface area contributed by atoms with E-state index in [0.717, 1.165) is 60.7 Å². The molecule has 9 nitrogen and oxygen atoms in total. The average Bonchev–Trinajstić information content (AvgIpc) is 3.35. The maximum absolute atomic E-state index is 9.13. The fourth-order valence-corrected chi connectivity index (χ4v) is 4.34. The van der Waals surface area contributed by atoms with Crippen LogP contribution in [0.5, 0.6) is 0 Å². The first-order valence-electron chi connectivity index (χ1n) is 11.7. The molecule has 0 aliphatic carbocycles. The highest BCUT2D eigenvalue weighted by molar-refractivity contribution is 5.90. The van der Waals surface area contributed by atoms with E-state index in [1.807, 2.05) is 48.7 Å². The number of β-amino-alcohol motifs (C(OH)–C–C–N with tert-alkyl or cyclic N) is 1. The predicted molar refractivity (Wildman–Crippen MR) is 138 cm³/mol. The quantitative estimate of drug-likeness (QED) is 0.310. The summed E-state index contributed by atoms with van der Waals surface area (Å²) < 4.78 is 0. The van der Waals surface area contributed by atoms with Crippen molar-refractivity contribution in [1.29, 1.82) is 5.26 Å². The Morgan fingerprint density at radius 1 is 0.971 bits per heavy atom. The van der Waals surface area contributed by atoms with Crippen LogP contribution in [0.3, 0.4) is 0 Å². The summed E-state index contributed by atoms with van der Waals surface area (Å²) in [4.78, 5) is 17.2. The molecular weight excluding hydrogens is 440 g/mol. The van der Waals surface area contributed by atoms with E-state index in [0.29, 0.717) is 18.2 Å². The number of nitriles is 1. The van der Waals surface area contributed by atoms with Gasteiger partial charge in [0.25, 0.3) is 0 Å². The highest BCUT2D eigenvalue weighted by Gasteiger charge is 2.17. The summed E-state index contributed by atoms with van der Waals surface area (Å²) in [6.45, 7) is 4.76. The number of piperazine rings is 1. The SMILES string of the molecule is N#CCc1cccc(Nc2nc(Nc3ccc(N4CCN(CCO)CC4)cc3)nc3[nH]ccc23)c1. The number of aliphatic hydroxyl groups is 1. The second kappa shape index (κ2) is 10.4. The minimum absolute atomic E-state index is 0.210. The Kier molecular flexibility index (Phi) is 6.75. The summed E-state index contributed by atoms with van der Waals surface area (Å²) in [6.07, 6.45) is 2.20. The molecule has 0 amide bonds. The lowest BCUT2D eigenvalue weighted by Crippen LogP contribution is -2.47. The first-order valence-corrected chi connectivity index (χ1v) is 11.7. The van der Waals surface area contributed by atoms with E-state index in [4.69, 9.17) is 15.4 Å². The van der Waals surface area contributed by atoms with Gasteiger partial charge in [-0.3, -0.25) is 4.90 Å². The Labute approximate surface area is 204 Å². The Bertz CT molecular complexity index is 1320. The molecule has 0 spiro atoms. The van der Waals surface area contributed by atoms with Gasteiger partial charge < -0.3 is 25.6 Å². The zero-order valence-electron chi connectivity index (χ0n) is 19.4. The normalized spacial score (nSPS) is 14.1. The van der Waals surface area contributed by atoms with Gasteiger partial charge in [-0.25, -0.2) is 0 Å². The van der Waals surface area contributed by atoms with Crippen molar-refractivity contribution >= 4 is 39.9 Å². The van der Waals surface area contributed by atoms with Gasteiger partial charge in [0.2, 0.25) is 5.95 Å². The highest BCUT2D eigenvalue weighted by Crippen LogP contribution is 2.27. The van der Waals surface area contributed by atoms with Gasteiger partial charge in [0.05, 0.1) is 24.5 Å². The number of anilines is 5. The largest absolute Gasteiger partial charge is 0.395 e. The van der Waals surface area contributed by atoms with Crippen LogP contribution in [0.25, 0.3) is 11.0 Å². The molecule has 1 saturated heterocycles. The molecule has 4 N–H and O–H groups in total. The molecule has 1 fully saturated rings. The molecule has 5 rings (SSSR count). The number of aliphatic hydroxyl groups excluding tert-OH is 1. The number of nitrogens with zero attached hydrogens (tertiary/aromatic N) is 5. The Balaban J connectivity index is 1.31. The van der Waals surface area contributed by atoms with Gasteiger partial charge in [0, 0.05) is 56.0 Å². The number of hydrogen-bond donors (Lipinski definition) is 4. The molecule has 2 aromatic heterocycles. The Morgan fingerprint density at radius 3 is 2.57 bits per heavy atom. The van der Waals surface area contributed by atoms with Crippen LogP contribution in [-0.2, 0) is 6.42 Å². The minimum atomic E-state index is 0.210. The third kappa shape index (κ3) is 5.35. The van der Waals surface area contributed by atoms with Crippen molar-refractivity contribution in [2.45, 2.75) is 6.42 Å². The maximum Gasteiger partial charge on any atom is 0.231 e. The van der Waals surface area contributed by atoms with E-state index in [2.05, 4.69) is 48.6 Å². The van der Waals surface area contributed by atoms with Gasteiger partial charge in [-0.15, -0.1) is 0 Å². The minimum Gasteiger partial charge on any atom is -0.395 e. The van der Waals surface area contributed by atoms with Gasteiger partial charge in [-0.05, 0) is 48.0 Å². The number of rotatable bonds is 8. The van der Waals surface area contributed by atoms with E-state index >= 15 is 0 Å². The van der Waals surface area contributed by atoms with Crippen molar-refractivity contribution in [3.8, 4) is 6.07 Å². The zero-order chi connectivity index (χ0) is 24.0. The molecule has 2 aromatic carbocycles. The number of hydrogen-bond acceptors (Lipinski definition) is 8. The van der Waals surface area contributed by atoms with Crippen LogP contribution in [0.15, 0.2) is 60.8 Å². The van der Waals surface area contributed by atoms with Crippen molar-refractivity contribution in [3.63, 3.8) is 0 Å². The van der Waals surface area contributed by atoms with Crippen LogP contribution in [-0.4, -0.2) is 64.3 Å². The topological polar surface area (TPSA) is 116 Å². The molecule has 178 valence electrons. The summed E-state index contributed by atoms with van der Waals surface area (Å²) in [6, 6.07) is 20.2. The highest BCUT2D eigenvalue weighted by atomic mass is 16.3. The molecule has 0 atom stereocenters. The van der Waals surface area contributed by atoms with Crippen LogP contribution in [0.2, 0.25) is 0 Å². The van der Waals surface area contributed by atoms with Gasteiger partial charge in [-0.1, -0.05) is 12.1 Å². The van der Waals surface area contributed by atoms with Crippen LogP contribution >= 0.6 is 0 Å². The van der Waals surface area contributed by atoms with Crippen molar-refractivity contribution in [3.05, 3.63) is 66.4 Å². The smallest absolute Gasteiger partial charge is 0.231 e. The van der Waals surface area contributed by atoms with Crippen LogP contribution in [0.1, 0.15) is 5.56 Å². The molecule has 1 aliphatic rings. The number of aromatic nitrogens is 3. The number of benzene rings is 2. The number of aromatic amines is 1. The maximum atomic E-state index is 9.13. The molecule has 35 heavy (non-hydrogen) atoms. The summed E-state index contributed by atoms with van der Waals surface area (Å²) >= 11 is 0. The summed E-state index contributed by atoms with van der Waals surface area (Å²) in [5, 5.41) is 25.7. The van der Waals surface area contributed by atoms with E-state index in [-0.39, 0.29) is 6.61 Å². The van der Waals surface area contributed by atoms with Crippen molar-refractivity contribution in [1.82, 2.24) is 19.9 Å². The molecule has 0 radical (unpaired) electrons. The molecule has 1 aliphatic heterocycles. The van der Waals surface area contributed by atoms with Crippen molar-refractivity contribution in [2.24, 2.45) is 0 Å². The summed E-state index contributed by atoms with van der Waals surface area (Å²) in [5.74, 6) is 1.17. The van der Waals surface area contributed by atoms with E-state index < -0.39 is 0 Å². The lowest BCUT2D eigenvalue weighted by atomic mass is 10.1. The molecular formula is C26H28N8O. The first-order chi connectivity index (χ1) is 17.2. The number of fused-ring (bicyclic) bond motifs is 1. The van der Waals surface area contributed by atoms with Gasteiger partial charge in [0.1, 0.15) is 11.5 Å². The van der Waals surface area contributed by atoms with E-state index in [9.17, 15) is 0 Å². The van der Waals surface area contributed by atoms with Crippen LogP contribution < -0.4 is 15.5 Å². The first kappa shape index (κ1) is 22.7. The third-order valence-electron chi connectivity index (χ3n) is 6.17. The van der Waals surface area contributed by atoms with E-state index in [1.54, 1.807) is 0 Å². The second-order valence-corrected chi connectivity index (χ2v) is 8.52. The fraction of sp³-hybridized carbons (Fsp3) is 0.269. The van der Waals surface area contributed by atoms with Gasteiger partial charge in [-0.2, -0.15) is 15.2 Å². The van der Waals surface area contributed by atoms with Gasteiger partial charge >= 0.3 is 0 Å². The Morgan fingerprint density at radius 2 is 1.80 bits per heavy atom. The molecule has 3 heterocycles. The fourth-order valence-electron chi connectivity index (χ4n) is 4.34. The standard InChI is InChI=1S/C26H28N8O/c27-10-8-19-2-1-3-21(18-19)29-25-23-9-11-28-24(23)31-26(32-25)30-20-4-6-22(7-5-20)34-14-12-33(13-15-34)16-17-35/h1-7,9,11,18,35H,8,12-17H2,(H3,28,29,30,31,32). The number of H-pyrrole nitrogens is 1.